The van der Waals surface area contributed by atoms with Gasteiger partial charge >= 0.3 is 0 Å². The lowest BCUT2D eigenvalue weighted by atomic mass is 10.1. The molecule has 0 amide bonds. The van der Waals surface area contributed by atoms with Crippen molar-refractivity contribution in [3.8, 4) is 0 Å². The van der Waals surface area contributed by atoms with Crippen molar-refractivity contribution in [3.63, 3.8) is 0 Å². The van der Waals surface area contributed by atoms with E-state index in [1.807, 2.05) is 0 Å². The van der Waals surface area contributed by atoms with Crippen LogP contribution in [-0.2, 0) is 6.42 Å². The van der Waals surface area contributed by atoms with E-state index >= 15 is 0 Å². The predicted molar refractivity (Wildman–Crippen MR) is 113 cm³/mol. The Labute approximate surface area is 170 Å². The minimum absolute atomic E-state index is 0.196. The molecule has 2 heterocycles. The second-order valence-corrected chi connectivity index (χ2v) is 8.73. The van der Waals surface area contributed by atoms with Crippen molar-refractivity contribution in [2.75, 3.05) is 37.6 Å². The third kappa shape index (κ3) is 4.18. The highest BCUT2D eigenvalue weighted by molar-refractivity contribution is 9.10. The molecule has 6 heteroatoms. The molecule has 1 saturated heterocycles. The van der Waals surface area contributed by atoms with Crippen LogP contribution in [0.1, 0.15) is 12.0 Å². The first-order valence-electron chi connectivity index (χ1n) is 9.19. The summed E-state index contributed by atoms with van der Waals surface area (Å²) >= 11 is 4.92. The molecule has 0 N–H and O–H groups in total. The predicted octanol–water partition coefficient (Wildman–Crippen LogP) is 5.70. The third-order valence-corrected chi connectivity index (χ3v) is 6.59. The van der Waals surface area contributed by atoms with Gasteiger partial charge in [-0.15, -0.1) is 11.3 Å². The van der Waals surface area contributed by atoms with E-state index in [0.29, 0.717) is 10.9 Å². The molecule has 2 aromatic carbocycles. The summed E-state index contributed by atoms with van der Waals surface area (Å²) in [7, 11) is 0. The number of anilines is 1. The van der Waals surface area contributed by atoms with Crippen molar-refractivity contribution in [1.82, 2.24) is 4.90 Å². The standard InChI is InChI=1S/C21H21BrF2N2S/c22-16-13-18(23)17(19(24)14-16)4-2-7-25-8-10-26(11-9-25)20-5-1-3-15-6-12-27-21(15)20/h1,3,5-6,12-14H,2,4,7-11H2. The summed E-state index contributed by atoms with van der Waals surface area (Å²) < 4.78 is 29.7. The topological polar surface area (TPSA) is 6.48 Å². The monoisotopic (exact) mass is 450 g/mol. The second-order valence-electron chi connectivity index (χ2n) is 6.90. The van der Waals surface area contributed by atoms with Crippen LogP contribution in [-0.4, -0.2) is 37.6 Å². The molecule has 3 aromatic rings. The van der Waals surface area contributed by atoms with E-state index in [1.54, 1.807) is 11.3 Å². The molecular formula is C21H21BrF2N2S. The van der Waals surface area contributed by atoms with Crippen LogP contribution < -0.4 is 4.90 Å². The van der Waals surface area contributed by atoms with Gasteiger partial charge in [0.05, 0.1) is 10.4 Å². The van der Waals surface area contributed by atoms with Gasteiger partial charge < -0.3 is 4.90 Å². The second kappa shape index (κ2) is 8.25. The van der Waals surface area contributed by atoms with Gasteiger partial charge in [-0.1, -0.05) is 28.1 Å². The summed E-state index contributed by atoms with van der Waals surface area (Å²) in [5.74, 6) is -0.925. The van der Waals surface area contributed by atoms with Crippen molar-refractivity contribution >= 4 is 43.0 Å². The minimum atomic E-state index is -0.462. The van der Waals surface area contributed by atoms with E-state index in [4.69, 9.17) is 0 Å². The molecule has 0 unspecified atom stereocenters. The van der Waals surface area contributed by atoms with Crippen LogP contribution in [0.5, 0.6) is 0 Å². The molecule has 1 aromatic heterocycles. The summed E-state index contributed by atoms with van der Waals surface area (Å²) in [5.41, 5.74) is 1.52. The Morgan fingerprint density at radius 2 is 1.74 bits per heavy atom. The summed E-state index contributed by atoms with van der Waals surface area (Å²) in [6, 6.07) is 11.3. The van der Waals surface area contributed by atoms with Crippen molar-refractivity contribution in [1.29, 1.82) is 0 Å². The van der Waals surface area contributed by atoms with E-state index in [1.165, 1.54) is 27.9 Å². The van der Waals surface area contributed by atoms with Gasteiger partial charge in [0.15, 0.2) is 0 Å². The fourth-order valence-electron chi connectivity index (χ4n) is 3.73. The van der Waals surface area contributed by atoms with E-state index in [2.05, 4.69) is 55.4 Å². The van der Waals surface area contributed by atoms with Crippen LogP contribution >= 0.6 is 27.3 Å². The Hall–Kier alpha value is -1.50. The third-order valence-electron chi connectivity index (χ3n) is 5.18. The molecule has 4 rings (SSSR count). The fourth-order valence-corrected chi connectivity index (χ4v) is 5.07. The summed E-state index contributed by atoms with van der Waals surface area (Å²) in [4.78, 5) is 4.84. The zero-order valence-corrected chi connectivity index (χ0v) is 17.3. The maximum absolute atomic E-state index is 13.9. The lowest BCUT2D eigenvalue weighted by molar-refractivity contribution is 0.254. The lowest BCUT2D eigenvalue weighted by Crippen LogP contribution is -2.46. The average molecular weight is 451 g/mol. The van der Waals surface area contributed by atoms with Crippen LogP contribution in [0.2, 0.25) is 0 Å². The number of rotatable bonds is 5. The van der Waals surface area contributed by atoms with Gasteiger partial charge in [-0.3, -0.25) is 4.90 Å². The Morgan fingerprint density at radius 3 is 2.48 bits per heavy atom. The van der Waals surface area contributed by atoms with Crippen molar-refractivity contribution in [2.24, 2.45) is 0 Å². The largest absolute Gasteiger partial charge is 0.368 e. The fraction of sp³-hybridized carbons (Fsp3) is 0.333. The normalized spacial score (nSPS) is 15.6. The first kappa shape index (κ1) is 18.8. The zero-order chi connectivity index (χ0) is 18.8. The number of piperazine rings is 1. The highest BCUT2D eigenvalue weighted by Crippen LogP contribution is 2.32. The average Bonchev–Trinajstić information content (AvgIpc) is 3.13. The lowest BCUT2D eigenvalue weighted by Gasteiger charge is -2.36. The van der Waals surface area contributed by atoms with Gasteiger partial charge in [-0.05, 0) is 54.4 Å². The van der Waals surface area contributed by atoms with Crippen molar-refractivity contribution in [3.05, 3.63) is 63.4 Å². The van der Waals surface area contributed by atoms with Crippen molar-refractivity contribution < 1.29 is 8.78 Å². The van der Waals surface area contributed by atoms with Gasteiger partial charge in [-0.2, -0.15) is 0 Å². The first-order valence-corrected chi connectivity index (χ1v) is 10.9. The molecule has 0 spiro atoms. The number of fused-ring (bicyclic) bond motifs is 1. The molecule has 0 bridgehead atoms. The number of benzene rings is 2. The van der Waals surface area contributed by atoms with Gasteiger partial charge in [0, 0.05) is 36.2 Å². The molecule has 0 saturated carbocycles. The van der Waals surface area contributed by atoms with Crippen LogP contribution in [0.3, 0.4) is 0 Å². The maximum Gasteiger partial charge on any atom is 0.130 e. The van der Waals surface area contributed by atoms with Crippen molar-refractivity contribution in [2.45, 2.75) is 12.8 Å². The molecule has 2 nitrogen and oxygen atoms in total. The molecular weight excluding hydrogens is 430 g/mol. The maximum atomic E-state index is 13.9. The molecule has 27 heavy (non-hydrogen) atoms. The number of hydrogen-bond donors (Lipinski definition) is 0. The quantitative estimate of drug-likeness (QED) is 0.491. The van der Waals surface area contributed by atoms with Crippen LogP contribution in [0.15, 0.2) is 46.3 Å². The molecule has 1 fully saturated rings. The SMILES string of the molecule is Fc1cc(Br)cc(F)c1CCCN1CCN(c2cccc3ccsc23)CC1. The van der Waals surface area contributed by atoms with Gasteiger partial charge in [0.2, 0.25) is 0 Å². The Bertz CT molecular complexity index is 912. The number of nitrogens with zero attached hydrogens (tertiary/aromatic N) is 2. The van der Waals surface area contributed by atoms with Gasteiger partial charge in [0.25, 0.3) is 0 Å². The van der Waals surface area contributed by atoms with E-state index in [9.17, 15) is 8.78 Å². The zero-order valence-electron chi connectivity index (χ0n) is 14.9. The van der Waals surface area contributed by atoms with Gasteiger partial charge in [0.1, 0.15) is 11.6 Å². The number of halogens is 3. The molecule has 142 valence electrons. The summed E-state index contributed by atoms with van der Waals surface area (Å²) in [6.07, 6.45) is 1.19. The Morgan fingerprint density at radius 1 is 1.00 bits per heavy atom. The smallest absolute Gasteiger partial charge is 0.130 e. The summed E-state index contributed by atoms with van der Waals surface area (Å²) in [6.45, 7) is 4.79. The number of hydrogen-bond acceptors (Lipinski definition) is 3. The van der Waals surface area contributed by atoms with E-state index < -0.39 is 11.6 Å². The van der Waals surface area contributed by atoms with Crippen LogP contribution in [0.25, 0.3) is 10.1 Å². The first-order chi connectivity index (χ1) is 13.1. The van der Waals surface area contributed by atoms with E-state index in [0.717, 1.165) is 39.1 Å². The van der Waals surface area contributed by atoms with Crippen LogP contribution in [0.4, 0.5) is 14.5 Å². The highest BCUT2D eigenvalue weighted by Gasteiger charge is 2.19. The number of thiophene rings is 1. The molecule has 0 radical (unpaired) electrons. The molecule has 0 atom stereocenters. The van der Waals surface area contributed by atoms with E-state index in [-0.39, 0.29) is 5.56 Å². The van der Waals surface area contributed by atoms with Crippen LogP contribution in [0, 0.1) is 11.6 Å². The Kier molecular flexibility index (Phi) is 5.76. The minimum Gasteiger partial charge on any atom is -0.368 e. The van der Waals surface area contributed by atoms with Gasteiger partial charge in [-0.25, -0.2) is 8.78 Å². The molecule has 0 aliphatic carbocycles. The molecule has 1 aliphatic rings. The highest BCUT2D eigenvalue weighted by atomic mass is 79.9. The Balaban J connectivity index is 1.31. The summed E-state index contributed by atoms with van der Waals surface area (Å²) in [5, 5.41) is 3.45. The molecule has 1 aliphatic heterocycles.